The number of benzene rings is 2. The van der Waals surface area contributed by atoms with E-state index in [1.54, 1.807) is 0 Å². The van der Waals surface area contributed by atoms with Crippen molar-refractivity contribution in [3.8, 4) is 17.2 Å². The van der Waals surface area contributed by atoms with E-state index in [-0.39, 0.29) is 5.56 Å². The summed E-state index contributed by atoms with van der Waals surface area (Å²) in [6, 6.07) is 8.78. The lowest BCUT2D eigenvalue weighted by Crippen LogP contribution is -2.30. The van der Waals surface area contributed by atoms with Crippen molar-refractivity contribution in [2.24, 2.45) is 0 Å². The Morgan fingerprint density at radius 3 is 2.61 bits per heavy atom. The van der Waals surface area contributed by atoms with Crippen LogP contribution < -0.4 is 19.5 Å². The fourth-order valence-corrected chi connectivity index (χ4v) is 2.78. The fourth-order valence-electron chi connectivity index (χ4n) is 2.78. The molecule has 2 aromatic carbocycles. The number of esters is 1. The minimum absolute atomic E-state index is 0.215. The van der Waals surface area contributed by atoms with E-state index >= 15 is 0 Å². The summed E-state index contributed by atoms with van der Waals surface area (Å²) in [6.07, 6.45) is -0.980. The smallest absolute Gasteiger partial charge is 0.339 e. The lowest BCUT2D eigenvalue weighted by atomic mass is 10.1. The van der Waals surface area contributed by atoms with E-state index in [0.29, 0.717) is 36.1 Å². The van der Waals surface area contributed by atoms with Gasteiger partial charge >= 0.3 is 5.97 Å². The van der Waals surface area contributed by atoms with Crippen LogP contribution in [0.5, 0.6) is 17.2 Å². The third-order valence-electron chi connectivity index (χ3n) is 4.37. The highest BCUT2D eigenvalue weighted by molar-refractivity contribution is 5.98. The van der Waals surface area contributed by atoms with Crippen molar-refractivity contribution in [2.45, 2.75) is 26.9 Å². The number of anilines is 1. The van der Waals surface area contributed by atoms with Crippen molar-refractivity contribution in [3.05, 3.63) is 47.0 Å². The van der Waals surface area contributed by atoms with Gasteiger partial charge in [-0.3, -0.25) is 4.79 Å². The number of ether oxygens (including phenoxy) is 4. The number of hydrogen-bond donors (Lipinski definition) is 1. The molecule has 1 atom stereocenters. The zero-order valence-electron chi connectivity index (χ0n) is 16.3. The van der Waals surface area contributed by atoms with Crippen LogP contribution in [0.4, 0.5) is 5.69 Å². The second-order valence-electron chi connectivity index (χ2n) is 6.56. The molecule has 0 aromatic heterocycles. The van der Waals surface area contributed by atoms with E-state index in [1.807, 2.05) is 32.0 Å². The standard InChI is InChI=1S/C21H23NO6/c1-12-5-6-13(2)16(9-12)22-20(23)14(3)28-21(24)15-10-17(25-4)19-18(11-15)26-7-8-27-19/h5-6,9-11,14H,7-8H2,1-4H3,(H,22,23)/t14-/m0/s1. The summed E-state index contributed by atoms with van der Waals surface area (Å²) >= 11 is 0. The molecule has 2 aromatic rings. The van der Waals surface area contributed by atoms with E-state index in [2.05, 4.69) is 5.32 Å². The second-order valence-corrected chi connectivity index (χ2v) is 6.56. The van der Waals surface area contributed by atoms with Gasteiger partial charge in [-0.1, -0.05) is 12.1 Å². The van der Waals surface area contributed by atoms with Gasteiger partial charge < -0.3 is 24.3 Å². The van der Waals surface area contributed by atoms with Crippen LogP contribution in [0.25, 0.3) is 0 Å². The number of rotatable bonds is 5. The summed E-state index contributed by atoms with van der Waals surface area (Å²) in [5.41, 5.74) is 2.85. The second kappa shape index (κ2) is 8.21. The molecule has 148 valence electrons. The van der Waals surface area contributed by atoms with Crippen molar-refractivity contribution in [2.75, 3.05) is 25.6 Å². The predicted molar refractivity (Wildman–Crippen MR) is 103 cm³/mol. The van der Waals surface area contributed by atoms with Gasteiger partial charge in [0, 0.05) is 5.69 Å². The lowest BCUT2D eigenvalue weighted by Gasteiger charge is -2.21. The van der Waals surface area contributed by atoms with Gasteiger partial charge in [0.2, 0.25) is 5.75 Å². The van der Waals surface area contributed by atoms with Gasteiger partial charge in [-0.25, -0.2) is 4.79 Å². The van der Waals surface area contributed by atoms with E-state index < -0.39 is 18.0 Å². The summed E-state index contributed by atoms with van der Waals surface area (Å²) in [6.45, 7) is 6.14. The molecule has 0 radical (unpaired) electrons. The molecule has 1 amide bonds. The normalized spacial score (nSPS) is 13.4. The van der Waals surface area contributed by atoms with Crippen LogP contribution in [0.15, 0.2) is 30.3 Å². The molecule has 7 heteroatoms. The largest absolute Gasteiger partial charge is 0.493 e. The number of carbonyl (C=O) groups excluding carboxylic acids is 2. The van der Waals surface area contributed by atoms with E-state index in [1.165, 1.54) is 26.2 Å². The maximum Gasteiger partial charge on any atom is 0.339 e. The van der Waals surface area contributed by atoms with Crippen LogP contribution in [-0.4, -0.2) is 38.3 Å². The Hall–Kier alpha value is -3.22. The predicted octanol–water partition coefficient (Wildman–Crippen LogP) is 3.27. The zero-order valence-corrected chi connectivity index (χ0v) is 16.3. The molecule has 0 spiro atoms. The summed E-state index contributed by atoms with van der Waals surface area (Å²) < 4.78 is 21.6. The lowest BCUT2D eigenvalue weighted by molar-refractivity contribution is -0.123. The first-order chi connectivity index (χ1) is 13.4. The first-order valence-electron chi connectivity index (χ1n) is 8.95. The molecule has 0 unspecified atom stereocenters. The van der Waals surface area contributed by atoms with E-state index in [4.69, 9.17) is 18.9 Å². The van der Waals surface area contributed by atoms with Crippen molar-refractivity contribution in [1.29, 1.82) is 0 Å². The van der Waals surface area contributed by atoms with Crippen LogP contribution >= 0.6 is 0 Å². The van der Waals surface area contributed by atoms with Crippen LogP contribution in [0, 0.1) is 13.8 Å². The van der Waals surface area contributed by atoms with Gasteiger partial charge in [0.25, 0.3) is 5.91 Å². The van der Waals surface area contributed by atoms with Crippen molar-refractivity contribution in [3.63, 3.8) is 0 Å². The van der Waals surface area contributed by atoms with E-state index in [0.717, 1.165) is 11.1 Å². The van der Waals surface area contributed by atoms with Gasteiger partial charge in [-0.05, 0) is 50.1 Å². The molecular weight excluding hydrogens is 362 g/mol. The SMILES string of the molecule is COc1cc(C(=O)O[C@@H](C)C(=O)Nc2cc(C)ccc2C)cc2c1OCCO2. The Balaban J connectivity index is 1.71. The van der Waals surface area contributed by atoms with Gasteiger partial charge in [-0.2, -0.15) is 0 Å². The van der Waals surface area contributed by atoms with Crippen LogP contribution in [-0.2, 0) is 9.53 Å². The molecule has 0 saturated heterocycles. The third kappa shape index (κ3) is 4.19. The zero-order chi connectivity index (χ0) is 20.3. The average Bonchev–Trinajstić information content (AvgIpc) is 2.69. The van der Waals surface area contributed by atoms with Crippen LogP contribution in [0.2, 0.25) is 0 Å². The van der Waals surface area contributed by atoms with Crippen LogP contribution in [0.1, 0.15) is 28.4 Å². The number of aryl methyl sites for hydroxylation is 2. The molecule has 7 nitrogen and oxygen atoms in total. The molecule has 1 N–H and O–H groups in total. The fraction of sp³-hybridized carbons (Fsp3) is 0.333. The third-order valence-corrected chi connectivity index (χ3v) is 4.37. The maximum atomic E-state index is 12.5. The first kappa shape index (κ1) is 19.5. The quantitative estimate of drug-likeness (QED) is 0.796. The Kier molecular flexibility index (Phi) is 5.73. The number of hydrogen-bond acceptors (Lipinski definition) is 6. The summed E-state index contributed by atoms with van der Waals surface area (Å²) in [7, 11) is 1.48. The highest BCUT2D eigenvalue weighted by Crippen LogP contribution is 2.40. The topological polar surface area (TPSA) is 83.1 Å². The molecule has 1 aliphatic heterocycles. The molecule has 0 saturated carbocycles. The minimum Gasteiger partial charge on any atom is -0.493 e. The minimum atomic E-state index is -0.980. The number of nitrogens with one attached hydrogen (secondary N) is 1. The van der Waals surface area contributed by atoms with Gasteiger partial charge in [0.1, 0.15) is 13.2 Å². The number of amides is 1. The highest BCUT2D eigenvalue weighted by atomic mass is 16.6. The monoisotopic (exact) mass is 385 g/mol. The summed E-state index contributed by atoms with van der Waals surface area (Å²) in [5.74, 6) is 0.165. The molecule has 0 bridgehead atoms. The molecule has 3 rings (SSSR count). The Labute approximate surface area is 163 Å². The molecule has 28 heavy (non-hydrogen) atoms. The first-order valence-corrected chi connectivity index (χ1v) is 8.95. The molecule has 0 fully saturated rings. The molecule has 0 aliphatic carbocycles. The van der Waals surface area contributed by atoms with Crippen molar-refractivity contribution in [1.82, 2.24) is 0 Å². The molecular formula is C21H23NO6. The Morgan fingerprint density at radius 1 is 1.11 bits per heavy atom. The molecule has 1 heterocycles. The van der Waals surface area contributed by atoms with Gasteiger partial charge in [-0.15, -0.1) is 0 Å². The number of methoxy groups -OCH3 is 1. The maximum absolute atomic E-state index is 12.5. The summed E-state index contributed by atoms with van der Waals surface area (Å²) in [5, 5.41) is 2.79. The van der Waals surface area contributed by atoms with Crippen molar-refractivity contribution >= 4 is 17.6 Å². The van der Waals surface area contributed by atoms with Gasteiger partial charge in [0.05, 0.1) is 12.7 Å². The van der Waals surface area contributed by atoms with Crippen LogP contribution in [0.3, 0.4) is 0 Å². The highest BCUT2D eigenvalue weighted by Gasteiger charge is 2.24. The number of carbonyl (C=O) groups is 2. The Morgan fingerprint density at radius 2 is 1.86 bits per heavy atom. The Bertz CT molecular complexity index is 891. The average molecular weight is 385 g/mol. The number of fused-ring (bicyclic) bond motifs is 1. The van der Waals surface area contributed by atoms with E-state index in [9.17, 15) is 9.59 Å². The molecule has 1 aliphatic rings. The summed E-state index contributed by atoms with van der Waals surface area (Å²) in [4.78, 5) is 25.0. The van der Waals surface area contributed by atoms with Gasteiger partial charge in [0.15, 0.2) is 17.6 Å². The van der Waals surface area contributed by atoms with Crippen molar-refractivity contribution < 1.29 is 28.5 Å².